The fourth-order valence-electron chi connectivity index (χ4n) is 1.81. The molecule has 0 saturated heterocycles. The molecule has 2 aromatic carbocycles. The Labute approximate surface area is 118 Å². The summed E-state index contributed by atoms with van der Waals surface area (Å²) in [4.78, 5) is 22.9. The van der Waals surface area contributed by atoms with Crippen molar-refractivity contribution < 1.29 is 14.3 Å². The van der Waals surface area contributed by atoms with Crippen molar-refractivity contribution in [2.75, 3.05) is 0 Å². The first-order valence-corrected chi connectivity index (χ1v) is 6.44. The average Bonchev–Trinajstić information content (AvgIpc) is 2.47. The van der Waals surface area contributed by atoms with Gasteiger partial charge in [0.1, 0.15) is 6.61 Å². The summed E-state index contributed by atoms with van der Waals surface area (Å²) in [5.41, 5.74) is 2.45. The van der Waals surface area contributed by atoms with E-state index in [2.05, 4.69) is 0 Å². The number of carbonyl (C=O) groups is 2. The molecule has 102 valence electrons. The van der Waals surface area contributed by atoms with E-state index in [0.717, 1.165) is 11.1 Å². The van der Waals surface area contributed by atoms with Gasteiger partial charge in [0.2, 0.25) is 0 Å². The fraction of sp³-hybridized carbons (Fsp3) is 0.176. The van der Waals surface area contributed by atoms with Crippen molar-refractivity contribution in [1.29, 1.82) is 0 Å². The normalized spacial score (nSPS) is 10.1. The summed E-state index contributed by atoms with van der Waals surface area (Å²) in [6, 6.07) is 16.6. The Morgan fingerprint density at radius 3 is 2.15 bits per heavy atom. The van der Waals surface area contributed by atoms with Gasteiger partial charge in [-0.25, -0.2) is 0 Å². The highest BCUT2D eigenvalue weighted by Crippen LogP contribution is 2.08. The van der Waals surface area contributed by atoms with Crippen LogP contribution < -0.4 is 0 Å². The van der Waals surface area contributed by atoms with Crippen LogP contribution in [0.15, 0.2) is 54.6 Å². The van der Waals surface area contributed by atoms with E-state index >= 15 is 0 Å². The van der Waals surface area contributed by atoms with E-state index < -0.39 is 0 Å². The molecule has 2 rings (SSSR count). The van der Waals surface area contributed by atoms with Gasteiger partial charge in [-0.1, -0.05) is 54.6 Å². The summed E-state index contributed by atoms with van der Waals surface area (Å²) < 4.78 is 5.20. The molecule has 0 unspecified atom stereocenters. The van der Waals surface area contributed by atoms with Gasteiger partial charge >= 0.3 is 5.97 Å². The van der Waals surface area contributed by atoms with E-state index in [1.807, 2.05) is 30.3 Å². The predicted octanol–water partition coefficient (Wildman–Crippen LogP) is 3.18. The van der Waals surface area contributed by atoms with Crippen LogP contribution in [-0.2, 0) is 22.6 Å². The number of Topliss-reactive ketones (excluding diaryl/α,β-unsaturated/α-hetero) is 1. The van der Waals surface area contributed by atoms with Gasteiger partial charge in [-0.05, 0) is 18.1 Å². The minimum Gasteiger partial charge on any atom is -0.461 e. The van der Waals surface area contributed by atoms with Crippen LogP contribution in [0.25, 0.3) is 0 Å². The van der Waals surface area contributed by atoms with Crippen LogP contribution in [0.3, 0.4) is 0 Å². The maximum absolute atomic E-state index is 11.7. The molecular weight excluding hydrogens is 252 g/mol. The summed E-state index contributed by atoms with van der Waals surface area (Å²) in [6.45, 7) is 1.80. The Hall–Kier alpha value is -2.42. The van der Waals surface area contributed by atoms with Crippen LogP contribution >= 0.6 is 0 Å². The van der Waals surface area contributed by atoms with E-state index in [0.29, 0.717) is 5.56 Å². The van der Waals surface area contributed by atoms with Gasteiger partial charge in [0, 0.05) is 5.56 Å². The quantitative estimate of drug-likeness (QED) is 0.618. The number of ketones is 1. The number of hydrogen-bond acceptors (Lipinski definition) is 3. The van der Waals surface area contributed by atoms with Crippen LogP contribution in [0.4, 0.5) is 0 Å². The first kappa shape index (κ1) is 14.0. The molecule has 0 amide bonds. The van der Waals surface area contributed by atoms with Crippen LogP contribution in [-0.4, -0.2) is 11.8 Å². The lowest BCUT2D eigenvalue weighted by Crippen LogP contribution is -2.08. The molecule has 0 aliphatic rings. The minimum absolute atomic E-state index is 0.0169. The molecule has 0 saturated carbocycles. The molecule has 3 nitrogen and oxygen atoms in total. The largest absolute Gasteiger partial charge is 0.461 e. The van der Waals surface area contributed by atoms with Gasteiger partial charge in [0.05, 0.1) is 6.42 Å². The van der Waals surface area contributed by atoms with E-state index in [4.69, 9.17) is 4.74 Å². The van der Waals surface area contributed by atoms with Gasteiger partial charge in [0.25, 0.3) is 0 Å². The molecule has 20 heavy (non-hydrogen) atoms. The van der Waals surface area contributed by atoms with Crippen molar-refractivity contribution in [3.05, 3.63) is 71.3 Å². The van der Waals surface area contributed by atoms with Crippen molar-refractivity contribution in [1.82, 2.24) is 0 Å². The van der Waals surface area contributed by atoms with E-state index in [9.17, 15) is 9.59 Å². The second-order valence-electron chi connectivity index (χ2n) is 4.58. The Morgan fingerprint density at radius 2 is 1.55 bits per heavy atom. The van der Waals surface area contributed by atoms with E-state index in [-0.39, 0.29) is 24.8 Å². The van der Waals surface area contributed by atoms with Crippen molar-refractivity contribution in [3.8, 4) is 0 Å². The Bertz CT molecular complexity index is 585. The van der Waals surface area contributed by atoms with Crippen molar-refractivity contribution in [2.24, 2.45) is 0 Å². The molecule has 0 fully saturated rings. The molecule has 0 N–H and O–H groups in total. The molecule has 2 aromatic rings. The summed E-state index contributed by atoms with van der Waals surface area (Å²) >= 11 is 0. The monoisotopic (exact) mass is 268 g/mol. The molecule has 3 heteroatoms. The summed E-state index contributed by atoms with van der Waals surface area (Å²) in [5.74, 6) is -0.257. The lowest BCUT2D eigenvalue weighted by molar-refractivity contribution is -0.144. The SMILES string of the molecule is CC(=O)c1ccc(CC(=O)OCc2ccccc2)cc1. The van der Waals surface area contributed by atoms with Crippen molar-refractivity contribution in [2.45, 2.75) is 20.0 Å². The maximum atomic E-state index is 11.7. The van der Waals surface area contributed by atoms with E-state index in [1.54, 1.807) is 24.3 Å². The van der Waals surface area contributed by atoms with Crippen LogP contribution in [0.1, 0.15) is 28.4 Å². The number of esters is 1. The Kier molecular flexibility index (Phi) is 4.66. The lowest BCUT2D eigenvalue weighted by Gasteiger charge is -2.05. The van der Waals surface area contributed by atoms with Gasteiger partial charge in [-0.15, -0.1) is 0 Å². The summed E-state index contributed by atoms with van der Waals surface area (Å²) in [5, 5.41) is 0. The third-order valence-electron chi connectivity index (χ3n) is 2.95. The van der Waals surface area contributed by atoms with Crippen molar-refractivity contribution in [3.63, 3.8) is 0 Å². The maximum Gasteiger partial charge on any atom is 0.310 e. The first-order chi connectivity index (χ1) is 9.65. The van der Waals surface area contributed by atoms with Crippen LogP contribution in [0.2, 0.25) is 0 Å². The third-order valence-corrected chi connectivity index (χ3v) is 2.95. The second-order valence-corrected chi connectivity index (χ2v) is 4.58. The van der Waals surface area contributed by atoms with Crippen LogP contribution in [0, 0.1) is 0 Å². The van der Waals surface area contributed by atoms with Gasteiger partial charge < -0.3 is 4.74 Å². The molecule has 0 aromatic heterocycles. The Balaban J connectivity index is 1.86. The molecular formula is C17H16O3. The molecule has 0 bridgehead atoms. The Morgan fingerprint density at radius 1 is 0.900 bits per heavy atom. The van der Waals surface area contributed by atoms with Gasteiger partial charge in [0.15, 0.2) is 5.78 Å². The standard InChI is InChI=1S/C17H16O3/c1-13(18)16-9-7-14(8-10-16)11-17(19)20-12-15-5-3-2-4-6-15/h2-10H,11-12H2,1H3. The zero-order chi connectivity index (χ0) is 14.4. The highest BCUT2D eigenvalue weighted by molar-refractivity contribution is 5.94. The van der Waals surface area contributed by atoms with E-state index in [1.165, 1.54) is 6.92 Å². The van der Waals surface area contributed by atoms with Gasteiger partial charge in [-0.2, -0.15) is 0 Å². The smallest absolute Gasteiger partial charge is 0.310 e. The summed E-state index contributed by atoms with van der Waals surface area (Å²) in [7, 11) is 0. The average molecular weight is 268 g/mol. The van der Waals surface area contributed by atoms with Crippen LogP contribution in [0.5, 0.6) is 0 Å². The molecule has 0 aliphatic heterocycles. The topological polar surface area (TPSA) is 43.4 Å². The number of rotatable bonds is 5. The predicted molar refractivity (Wildman–Crippen MR) is 76.4 cm³/mol. The number of ether oxygens (including phenoxy) is 1. The van der Waals surface area contributed by atoms with Gasteiger partial charge in [-0.3, -0.25) is 9.59 Å². The highest BCUT2D eigenvalue weighted by Gasteiger charge is 2.06. The molecule has 0 spiro atoms. The highest BCUT2D eigenvalue weighted by atomic mass is 16.5. The molecule has 0 heterocycles. The third kappa shape index (κ3) is 4.05. The zero-order valence-corrected chi connectivity index (χ0v) is 11.3. The zero-order valence-electron chi connectivity index (χ0n) is 11.3. The second kappa shape index (κ2) is 6.66. The fourth-order valence-corrected chi connectivity index (χ4v) is 1.81. The number of benzene rings is 2. The molecule has 0 atom stereocenters. The molecule has 0 aliphatic carbocycles. The number of carbonyl (C=O) groups excluding carboxylic acids is 2. The first-order valence-electron chi connectivity index (χ1n) is 6.44. The van der Waals surface area contributed by atoms with Crippen molar-refractivity contribution >= 4 is 11.8 Å². The minimum atomic E-state index is -0.274. The number of hydrogen-bond donors (Lipinski definition) is 0. The summed E-state index contributed by atoms with van der Waals surface area (Å²) in [6.07, 6.45) is 0.213. The molecule has 0 radical (unpaired) electrons. The lowest BCUT2D eigenvalue weighted by atomic mass is 10.1.